The summed E-state index contributed by atoms with van der Waals surface area (Å²) in [6.45, 7) is 3.24. The van der Waals surface area contributed by atoms with Gasteiger partial charge in [0.2, 0.25) is 5.79 Å². The Bertz CT molecular complexity index is 464. The number of hydrogen-bond donors (Lipinski definition) is 1. The van der Waals surface area contributed by atoms with Gasteiger partial charge in [-0.25, -0.2) is 0 Å². The molecule has 15 heavy (non-hydrogen) atoms. The van der Waals surface area contributed by atoms with Gasteiger partial charge in [0.1, 0.15) is 5.75 Å². The standard InChI is InChI=1S/C13H14O2/c1-13(2,14)15-12-9-5-7-10-6-3-4-8-11(10)12/h3-9,14H,1-2H3. The van der Waals surface area contributed by atoms with Crippen LogP contribution in [0.2, 0.25) is 0 Å². The maximum atomic E-state index is 9.61. The average Bonchev–Trinajstić information content (AvgIpc) is 2.16. The van der Waals surface area contributed by atoms with Gasteiger partial charge in [0.25, 0.3) is 0 Å². The molecule has 2 heteroatoms. The van der Waals surface area contributed by atoms with Crippen molar-refractivity contribution in [1.82, 2.24) is 0 Å². The van der Waals surface area contributed by atoms with Crippen LogP contribution in [-0.2, 0) is 0 Å². The molecular formula is C13H14O2. The van der Waals surface area contributed by atoms with Crippen molar-refractivity contribution in [2.45, 2.75) is 19.6 Å². The van der Waals surface area contributed by atoms with Gasteiger partial charge in [-0.15, -0.1) is 0 Å². The minimum atomic E-state index is -1.15. The molecule has 0 amide bonds. The van der Waals surface area contributed by atoms with Crippen LogP contribution in [0, 0.1) is 0 Å². The molecule has 78 valence electrons. The maximum absolute atomic E-state index is 9.61. The van der Waals surface area contributed by atoms with Crippen molar-refractivity contribution in [3.63, 3.8) is 0 Å². The Balaban J connectivity index is 2.52. The minimum absolute atomic E-state index is 0.709. The Morgan fingerprint density at radius 2 is 1.67 bits per heavy atom. The molecule has 0 radical (unpaired) electrons. The highest BCUT2D eigenvalue weighted by atomic mass is 16.6. The molecule has 0 heterocycles. The second-order valence-electron chi connectivity index (χ2n) is 4.03. The van der Waals surface area contributed by atoms with Gasteiger partial charge in [-0.3, -0.25) is 0 Å². The van der Waals surface area contributed by atoms with Gasteiger partial charge in [0.15, 0.2) is 0 Å². The molecule has 0 aliphatic rings. The SMILES string of the molecule is CC(C)(O)Oc1cccc2ccccc12. The molecule has 0 saturated heterocycles. The van der Waals surface area contributed by atoms with Crippen LogP contribution in [-0.4, -0.2) is 10.9 Å². The summed E-state index contributed by atoms with van der Waals surface area (Å²) < 4.78 is 5.47. The third kappa shape index (κ3) is 2.28. The van der Waals surface area contributed by atoms with Crippen molar-refractivity contribution >= 4 is 10.8 Å². The van der Waals surface area contributed by atoms with Crippen LogP contribution in [0.15, 0.2) is 42.5 Å². The Hall–Kier alpha value is -1.54. The summed E-state index contributed by atoms with van der Waals surface area (Å²) >= 11 is 0. The Labute approximate surface area is 89.1 Å². The van der Waals surface area contributed by atoms with Gasteiger partial charge in [-0.2, -0.15) is 0 Å². The molecule has 2 aromatic rings. The molecule has 2 aromatic carbocycles. The quantitative estimate of drug-likeness (QED) is 0.759. The van der Waals surface area contributed by atoms with Gasteiger partial charge >= 0.3 is 0 Å². The van der Waals surface area contributed by atoms with Gasteiger partial charge in [-0.1, -0.05) is 36.4 Å². The number of rotatable bonds is 2. The van der Waals surface area contributed by atoms with Crippen molar-refractivity contribution in [3.8, 4) is 5.75 Å². The highest BCUT2D eigenvalue weighted by Crippen LogP contribution is 2.27. The number of ether oxygens (including phenoxy) is 1. The average molecular weight is 202 g/mol. The van der Waals surface area contributed by atoms with E-state index in [1.54, 1.807) is 13.8 Å². The van der Waals surface area contributed by atoms with Gasteiger partial charge in [0, 0.05) is 19.2 Å². The van der Waals surface area contributed by atoms with Crippen molar-refractivity contribution in [2.75, 3.05) is 0 Å². The minimum Gasteiger partial charge on any atom is -0.463 e. The fourth-order valence-corrected chi connectivity index (χ4v) is 1.55. The highest BCUT2D eigenvalue weighted by Gasteiger charge is 2.15. The first-order valence-corrected chi connectivity index (χ1v) is 4.95. The van der Waals surface area contributed by atoms with E-state index in [1.807, 2.05) is 42.5 Å². The lowest BCUT2D eigenvalue weighted by molar-refractivity contribution is -0.103. The summed E-state index contributed by atoms with van der Waals surface area (Å²) in [6.07, 6.45) is 0. The van der Waals surface area contributed by atoms with E-state index in [2.05, 4.69) is 0 Å². The number of aliphatic hydroxyl groups is 1. The molecule has 2 nitrogen and oxygen atoms in total. The molecule has 0 fully saturated rings. The van der Waals surface area contributed by atoms with Crippen LogP contribution in [0.1, 0.15) is 13.8 Å². The summed E-state index contributed by atoms with van der Waals surface area (Å²) in [7, 11) is 0. The third-order valence-corrected chi connectivity index (χ3v) is 2.11. The molecule has 0 bridgehead atoms. The zero-order valence-corrected chi connectivity index (χ0v) is 8.90. The van der Waals surface area contributed by atoms with E-state index in [1.165, 1.54) is 0 Å². The van der Waals surface area contributed by atoms with Gasteiger partial charge in [-0.05, 0) is 11.5 Å². The van der Waals surface area contributed by atoms with Crippen LogP contribution in [0.5, 0.6) is 5.75 Å². The lowest BCUT2D eigenvalue weighted by atomic mass is 10.1. The number of hydrogen-bond acceptors (Lipinski definition) is 2. The lowest BCUT2D eigenvalue weighted by Gasteiger charge is -2.20. The second-order valence-corrected chi connectivity index (χ2v) is 4.03. The van der Waals surface area contributed by atoms with Crippen molar-refractivity contribution < 1.29 is 9.84 Å². The largest absolute Gasteiger partial charge is 0.463 e. The smallest absolute Gasteiger partial charge is 0.202 e. The summed E-state index contributed by atoms with van der Waals surface area (Å²) in [5, 5.41) is 11.7. The summed E-state index contributed by atoms with van der Waals surface area (Å²) in [4.78, 5) is 0. The molecule has 2 rings (SSSR count). The van der Waals surface area contributed by atoms with Gasteiger partial charge in [0.05, 0.1) is 0 Å². The summed E-state index contributed by atoms with van der Waals surface area (Å²) in [5.41, 5.74) is 0. The predicted molar refractivity (Wildman–Crippen MR) is 60.9 cm³/mol. The van der Waals surface area contributed by atoms with E-state index >= 15 is 0 Å². The third-order valence-electron chi connectivity index (χ3n) is 2.11. The van der Waals surface area contributed by atoms with Crippen LogP contribution < -0.4 is 4.74 Å². The fraction of sp³-hybridized carbons (Fsp3) is 0.231. The molecule has 0 aliphatic carbocycles. The molecular weight excluding hydrogens is 188 g/mol. The van der Waals surface area contributed by atoms with Crippen molar-refractivity contribution in [2.24, 2.45) is 0 Å². The molecule has 0 aromatic heterocycles. The molecule has 1 N–H and O–H groups in total. The molecule has 0 aliphatic heterocycles. The molecule has 0 spiro atoms. The Morgan fingerprint density at radius 1 is 1.00 bits per heavy atom. The van der Waals surface area contributed by atoms with Crippen LogP contribution >= 0.6 is 0 Å². The van der Waals surface area contributed by atoms with E-state index in [0.717, 1.165) is 10.8 Å². The fourth-order valence-electron chi connectivity index (χ4n) is 1.55. The Morgan fingerprint density at radius 3 is 2.40 bits per heavy atom. The van der Waals surface area contributed by atoms with Crippen LogP contribution in [0.4, 0.5) is 0 Å². The van der Waals surface area contributed by atoms with E-state index in [0.29, 0.717) is 5.75 Å². The normalized spacial score (nSPS) is 11.7. The molecule has 0 atom stereocenters. The van der Waals surface area contributed by atoms with E-state index in [4.69, 9.17) is 4.74 Å². The molecule has 0 saturated carbocycles. The van der Waals surface area contributed by atoms with Crippen molar-refractivity contribution in [3.05, 3.63) is 42.5 Å². The molecule has 0 unspecified atom stereocenters. The summed E-state index contributed by atoms with van der Waals surface area (Å²) in [6, 6.07) is 13.7. The van der Waals surface area contributed by atoms with Gasteiger partial charge < -0.3 is 9.84 Å². The summed E-state index contributed by atoms with van der Waals surface area (Å²) in [5.74, 6) is -0.440. The maximum Gasteiger partial charge on any atom is 0.202 e. The number of fused-ring (bicyclic) bond motifs is 1. The Kier molecular flexibility index (Phi) is 2.37. The van der Waals surface area contributed by atoms with Crippen LogP contribution in [0.25, 0.3) is 10.8 Å². The first kappa shape index (κ1) is 9.99. The van der Waals surface area contributed by atoms with Crippen molar-refractivity contribution in [1.29, 1.82) is 0 Å². The first-order valence-electron chi connectivity index (χ1n) is 4.95. The predicted octanol–water partition coefficient (Wildman–Crippen LogP) is 2.95. The lowest BCUT2D eigenvalue weighted by Crippen LogP contribution is -2.27. The monoisotopic (exact) mass is 202 g/mol. The zero-order valence-electron chi connectivity index (χ0n) is 8.90. The first-order chi connectivity index (χ1) is 7.06. The topological polar surface area (TPSA) is 29.5 Å². The highest BCUT2D eigenvalue weighted by molar-refractivity contribution is 5.88. The van der Waals surface area contributed by atoms with Crippen LogP contribution in [0.3, 0.4) is 0 Å². The van der Waals surface area contributed by atoms with E-state index < -0.39 is 5.79 Å². The number of benzene rings is 2. The van der Waals surface area contributed by atoms with E-state index in [9.17, 15) is 5.11 Å². The van der Waals surface area contributed by atoms with E-state index in [-0.39, 0.29) is 0 Å². The second kappa shape index (κ2) is 3.55. The zero-order chi connectivity index (χ0) is 10.9.